The second-order valence-electron chi connectivity index (χ2n) is 4.98. The van der Waals surface area contributed by atoms with Crippen LogP contribution in [0.2, 0.25) is 0 Å². The van der Waals surface area contributed by atoms with Crippen LogP contribution in [0.1, 0.15) is 36.8 Å². The zero-order chi connectivity index (χ0) is 12.5. The van der Waals surface area contributed by atoms with Crippen molar-refractivity contribution in [2.45, 2.75) is 44.3 Å². The monoisotopic (exact) mass is 247 g/mol. The molecule has 0 heterocycles. The summed E-state index contributed by atoms with van der Waals surface area (Å²) in [6.45, 7) is 0. The number of oxime groups is 1. The average Bonchev–Trinajstić information content (AvgIpc) is 2.97. The van der Waals surface area contributed by atoms with Gasteiger partial charge in [-0.2, -0.15) is 0 Å². The lowest BCUT2D eigenvalue weighted by atomic mass is 10.1. The van der Waals surface area contributed by atoms with Crippen molar-refractivity contribution in [2.24, 2.45) is 5.16 Å². The highest BCUT2D eigenvalue weighted by Gasteiger charge is 2.29. The minimum Gasteiger partial charge on any atom is -0.487 e. The SMILES string of the molecule is ON=C1CCc2c(OC3CCCC3O)cccc21. The summed E-state index contributed by atoms with van der Waals surface area (Å²) < 4.78 is 5.94. The predicted molar refractivity (Wildman–Crippen MR) is 67.4 cm³/mol. The van der Waals surface area contributed by atoms with Crippen LogP contribution in [0.5, 0.6) is 5.75 Å². The number of nitrogens with zero attached hydrogens (tertiary/aromatic N) is 1. The van der Waals surface area contributed by atoms with Gasteiger partial charge in [-0.3, -0.25) is 0 Å². The Labute approximate surface area is 106 Å². The first kappa shape index (κ1) is 11.5. The normalized spacial score (nSPS) is 28.6. The van der Waals surface area contributed by atoms with E-state index in [0.29, 0.717) is 0 Å². The fourth-order valence-electron chi connectivity index (χ4n) is 2.89. The van der Waals surface area contributed by atoms with Gasteiger partial charge in [0.05, 0.1) is 11.8 Å². The van der Waals surface area contributed by atoms with Crippen LogP contribution >= 0.6 is 0 Å². The molecule has 2 N–H and O–H groups in total. The van der Waals surface area contributed by atoms with Crippen molar-refractivity contribution in [2.75, 3.05) is 0 Å². The van der Waals surface area contributed by atoms with Crippen molar-refractivity contribution in [1.82, 2.24) is 0 Å². The van der Waals surface area contributed by atoms with Crippen LogP contribution in [0.3, 0.4) is 0 Å². The second-order valence-corrected chi connectivity index (χ2v) is 4.98. The van der Waals surface area contributed by atoms with Crippen LogP contribution in [0.25, 0.3) is 0 Å². The van der Waals surface area contributed by atoms with Crippen LogP contribution in [-0.4, -0.2) is 28.2 Å². The van der Waals surface area contributed by atoms with E-state index in [-0.39, 0.29) is 12.2 Å². The molecular weight excluding hydrogens is 230 g/mol. The molecule has 2 atom stereocenters. The predicted octanol–water partition coefficient (Wildman–Crippen LogP) is 2.10. The number of hydrogen-bond donors (Lipinski definition) is 2. The van der Waals surface area contributed by atoms with Crippen LogP contribution in [0, 0.1) is 0 Å². The topological polar surface area (TPSA) is 62.1 Å². The summed E-state index contributed by atoms with van der Waals surface area (Å²) in [5.74, 6) is 0.831. The number of aliphatic hydroxyl groups is 1. The standard InChI is InChI=1S/C14H17NO3/c16-12-4-2-6-14(12)18-13-5-1-3-9-10(13)7-8-11(9)15-17/h1,3,5,12,14,16-17H,2,4,6-8H2. The maximum atomic E-state index is 9.81. The molecule has 0 aromatic heterocycles. The summed E-state index contributed by atoms with van der Waals surface area (Å²) in [5.41, 5.74) is 2.80. The van der Waals surface area contributed by atoms with E-state index in [1.54, 1.807) is 0 Å². The first-order valence-corrected chi connectivity index (χ1v) is 6.47. The molecule has 1 aromatic carbocycles. The van der Waals surface area contributed by atoms with Crippen molar-refractivity contribution in [1.29, 1.82) is 0 Å². The molecule has 1 saturated carbocycles. The van der Waals surface area contributed by atoms with Gasteiger partial charge in [-0.1, -0.05) is 17.3 Å². The lowest BCUT2D eigenvalue weighted by Gasteiger charge is -2.19. The maximum Gasteiger partial charge on any atom is 0.124 e. The third-order valence-electron chi connectivity index (χ3n) is 3.87. The van der Waals surface area contributed by atoms with Crippen LogP contribution in [0.15, 0.2) is 23.4 Å². The zero-order valence-corrected chi connectivity index (χ0v) is 10.2. The second kappa shape index (κ2) is 4.61. The highest BCUT2D eigenvalue weighted by atomic mass is 16.5. The summed E-state index contributed by atoms with van der Waals surface area (Å²) in [4.78, 5) is 0. The largest absolute Gasteiger partial charge is 0.487 e. The molecule has 2 aliphatic rings. The first-order chi connectivity index (χ1) is 8.79. The maximum absolute atomic E-state index is 9.81. The average molecular weight is 247 g/mol. The molecule has 2 unspecified atom stereocenters. The van der Waals surface area contributed by atoms with Gasteiger partial charge in [0, 0.05) is 11.1 Å². The number of ether oxygens (including phenoxy) is 1. The van der Waals surface area contributed by atoms with E-state index in [4.69, 9.17) is 9.94 Å². The Bertz CT molecular complexity index is 484. The molecule has 1 fully saturated rings. The molecule has 0 saturated heterocycles. The quantitative estimate of drug-likeness (QED) is 0.621. The molecule has 0 aliphatic heterocycles. The van der Waals surface area contributed by atoms with Gasteiger partial charge in [-0.05, 0) is 38.2 Å². The number of hydrogen-bond acceptors (Lipinski definition) is 4. The van der Waals surface area contributed by atoms with E-state index in [0.717, 1.165) is 54.7 Å². The molecular formula is C14H17NO3. The molecule has 2 aliphatic carbocycles. The van der Waals surface area contributed by atoms with Gasteiger partial charge < -0.3 is 15.1 Å². The van der Waals surface area contributed by atoms with Gasteiger partial charge in [-0.15, -0.1) is 0 Å². The van der Waals surface area contributed by atoms with E-state index in [9.17, 15) is 5.11 Å². The Balaban J connectivity index is 1.88. The van der Waals surface area contributed by atoms with E-state index in [2.05, 4.69) is 5.16 Å². The Morgan fingerprint density at radius 3 is 2.83 bits per heavy atom. The molecule has 0 bridgehead atoms. The van der Waals surface area contributed by atoms with E-state index in [1.165, 1.54) is 0 Å². The van der Waals surface area contributed by atoms with Gasteiger partial charge in [-0.25, -0.2) is 0 Å². The molecule has 18 heavy (non-hydrogen) atoms. The highest BCUT2D eigenvalue weighted by molar-refractivity contribution is 6.04. The fraction of sp³-hybridized carbons (Fsp3) is 0.500. The number of benzene rings is 1. The van der Waals surface area contributed by atoms with Gasteiger partial charge in [0.15, 0.2) is 0 Å². The highest BCUT2D eigenvalue weighted by Crippen LogP contribution is 2.33. The summed E-state index contributed by atoms with van der Waals surface area (Å²) in [5, 5.41) is 22.1. The third kappa shape index (κ3) is 1.86. The Morgan fingerprint density at radius 2 is 2.11 bits per heavy atom. The van der Waals surface area contributed by atoms with Gasteiger partial charge in [0.2, 0.25) is 0 Å². The minimum absolute atomic E-state index is 0.0911. The summed E-state index contributed by atoms with van der Waals surface area (Å²) >= 11 is 0. The van der Waals surface area contributed by atoms with Crippen molar-refractivity contribution in [3.63, 3.8) is 0 Å². The van der Waals surface area contributed by atoms with Gasteiger partial charge >= 0.3 is 0 Å². The lowest BCUT2D eigenvalue weighted by Crippen LogP contribution is -2.26. The molecule has 4 nitrogen and oxygen atoms in total. The van der Waals surface area contributed by atoms with Gasteiger partial charge in [0.25, 0.3) is 0 Å². The molecule has 0 spiro atoms. The minimum atomic E-state index is -0.353. The van der Waals surface area contributed by atoms with Crippen molar-refractivity contribution in [3.05, 3.63) is 29.3 Å². The Hall–Kier alpha value is -1.55. The smallest absolute Gasteiger partial charge is 0.124 e. The summed E-state index contributed by atoms with van der Waals surface area (Å²) in [6, 6.07) is 5.80. The fourth-order valence-corrected chi connectivity index (χ4v) is 2.89. The van der Waals surface area contributed by atoms with Crippen LogP contribution < -0.4 is 4.74 Å². The van der Waals surface area contributed by atoms with E-state index in [1.807, 2.05) is 18.2 Å². The number of rotatable bonds is 2. The molecule has 0 radical (unpaired) electrons. The lowest BCUT2D eigenvalue weighted by molar-refractivity contribution is 0.0598. The number of aliphatic hydroxyl groups excluding tert-OH is 1. The van der Waals surface area contributed by atoms with Crippen LogP contribution in [0.4, 0.5) is 0 Å². The van der Waals surface area contributed by atoms with Gasteiger partial charge in [0.1, 0.15) is 11.9 Å². The van der Waals surface area contributed by atoms with Crippen molar-refractivity contribution < 1.29 is 15.1 Å². The molecule has 0 amide bonds. The van der Waals surface area contributed by atoms with E-state index >= 15 is 0 Å². The van der Waals surface area contributed by atoms with Crippen molar-refractivity contribution >= 4 is 5.71 Å². The Kier molecular flexibility index (Phi) is 2.96. The molecule has 96 valence electrons. The first-order valence-electron chi connectivity index (χ1n) is 6.47. The summed E-state index contributed by atoms with van der Waals surface area (Å²) in [6.07, 6.45) is 3.89. The molecule has 1 aromatic rings. The third-order valence-corrected chi connectivity index (χ3v) is 3.87. The van der Waals surface area contributed by atoms with Crippen molar-refractivity contribution in [3.8, 4) is 5.75 Å². The number of fused-ring (bicyclic) bond motifs is 1. The zero-order valence-electron chi connectivity index (χ0n) is 10.2. The Morgan fingerprint density at radius 1 is 1.22 bits per heavy atom. The summed E-state index contributed by atoms with van der Waals surface area (Å²) in [7, 11) is 0. The molecule has 3 rings (SSSR count). The van der Waals surface area contributed by atoms with Crippen LogP contribution in [-0.2, 0) is 6.42 Å². The molecule has 4 heteroatoms. The van der Waals surface area contributed by atoms with E-state index < -0.39 is 0 Å².